The van der Waals surface area contributed by atoms with Gasteiger partial charge in [-0.15, -0.1) is 0 Å². The van der Waals surface area contributed by atoms with E-state index in [2.05, 4.69) is 26.1 Å². The molecule has 8 heteroatoms. The summed E-state index contributed by atoms with van der Waals surface area (Å²) in [4.78, 5) is 35.2. The van der Waals surface area contributed by atoms with E-state index in [0.717, 1.165) is 11.3 Å². The van der Waals surface area contributed by atoms with Crippen molar-refractivity contribution < 1.29 is 14.3 Å². The van der Waals surface area contributed by atoms with Gasteiger partial charge in [0.1, 0.15) is 6.61 Å². The fraction of sp³-hybridized carbons (Fsp3) is 0.500. The number of guanidine groups is 1. The van der Waals surface area contributed by atoms with Crippen LogP contribution in [0.3, 0.4) is 0 Å². The van der Waals surface area contributed by atoms with Crippen LogP contribution in [-0.2, 0) is 16.1 Å². The number of carbonyl (C=O) groups excluding carboxylic acids is 2. The van der Waals surface area contributed by atoms with Gasteiger partial charge in [0, 0.05) is 19.8 Å². The van der Waals surface area contributed by atoms with Gasteiger partial charge in [0.2, 0.25) is 5.96 Å². The molecule has 1 unspecified atom stereocenters. The number of hydrogen-bond acceptors (Lipinski definition) is 6. The fourth-order valence-corrected chi connectivity index (χ4v) is 3.62. The van der Waals surface area contributed by atoms with Crippen molar-refractivity contribution in [2.24, 2.45) is 10.4 Å². The third-order valence-corrected chi connectivity index (χ3v) is 5.20. The van der Waals surface area contributed by atoms with Crippen LogP contribution in [0.4, 0.5) is 4.79 Å². The number of esters is 1. The lowest BCUT2D eigenvalue weighted by Crippen LogP contribution is -2.60. The number of aliphatic imine (C=N–C) groups is 1. The Hall–Kier alpha value is -3.03. The van der Waals surface area contributed by atoms with Crippen LogP contribution < -0.4 is 5.32 Å². The van der Waals surface area contributed by atoms with Crippen molar-refractivity contribution in [1.29, 1.82) is 0 Å². The number of benzene rings is 1. The molecule has 0 aromatic heterocycles. The Bertz CT molecular complexity index is 859. The molecule has 0 radical (unpaired) electrons. The predicted octanol–water partition coefficient (Wildman–Crippen LogP) is 2.59. The molecule has 3 rings (SSSR count). The highest BCUT2D eigenvalue weighted by atomic mass is 16.5. The van der Waals surface area contributed by atoms with Gasteiger partial charge in [-0.2, -0.15) is 0 Å². The Labute approximate surface area is 178 Å². The molecule has 0 aliphatic carbocycles. The van der Waals surface area contributed by atoms with Crippen LogP contribution in [0.25, 0.3) is 0 Å². The number of carbonyl (C=O) groups is 2. The van der Waals surface area contributed by atoms with Crippen molar-refractivity contribution in [2.75, 3.05) is 27.4 Å². The van der Waals surface area contributed by atoms with E-state index < -0.39 is 0 Å². The Morgan fingerprint density at radius 2 is 1.77 bits per heavy atom. The molecule has 2 heterocycles. The van der Waals surface area contributed by atoms with Crippen molar-refractivity contribution in [1.82, 2.24) is 20.0 Å². The molecule has 1 aromatic rings. The van der Waals surface area contributed by atoms with E-state index in [1.165, 1.54) is 0 Å². The Kier molecular flexibility index (Phi) is 6.05. The first kappa shape index (κ1) is 21.7. The van der Waals surface area contributed by atoms with Crippen LogP contribution in [0.1, 0.15) is 33.3 Å². The third-order valence-electron chi connectivity index (χ3n) is 5.20. The number of allylic oxidation sites excluding steroid dienone is 1. The second-order valence-corrected chi connectivity index (χ2v) is 8.95. The molecule has 30 heavy (non-hydrogen) atoms. The van der Waals surface area contributed by atoms with E-state index in [1.807, 2.05) is 42.2 Å². The molecular weight excluding hydrogens is 382 g/mol. The zero-order valence-corrected chi connectivity index (χ0v) is 18.6. The average molecular weight is 414 g/mol. The largest absolute Gasteiger partial charge is 0.457 e. The number of nitrogens with one attached hydrogen (secondary N) is 1. The Balaban J connectivity index is 1.82. The zero-order valence-electron chi connectivity index (χ0n) is 18.6. The second kappa shape index (κ2) is 8.38. The van der Waals surface area contributed by atoms with Crippen molar-refractivity contribution in [3.63, 3.8) is 0 Å². The van der Waals surface area contributed by atoms with Gasteiger partial charge in [0.15, 0.2) is 0 Å². The van der Waals surface area contributed by atoms with Crippen LogP contribution in [0.5, 0.6) is 0 Å². The lowest BCUT2D eigenvalue weighted by atomic mass is 9.81. The minimum absolute atomic E-state index is 0.0347. The van der Waals surface area contributed by atoms with Gasteiger partial charge < -0.3 is 24.8 Å². The van der Waals surface area contributed by atoms with Gasteiger partial charge in [-0.3, -0.25) is 0 Å². The lowest BCUT2D eigenvalue weighted by Gasteiger charge is -2.42. The van der Waals surface area contributed by atoms with E-state index in [9.17, 15) is 9.59 Å². The van der Waals surface area contributed by atoms with E-state index in [1.54, 1.807) is 23.9 Å². The van der Waals surface area contributed by atoms with Crippen LogP contribution in [0.15, 0.2) is 46.6 Å². The summed E-state index contributed by atoms with van der Waals surface area (Å²) in [5.74, 6) is 0.285. The molecule has 1 saturated heterocycles. The molecular formula is C22H31N5O3. The van der Waals surface area contributed by atoms with Crippen LogP contribution in [0.2, 0.25) is 0 Å². The van der Waals surface area contributed by atoms with Crippen molar-refractivity contribution >= 4 is 18.0 Å². The molecule has 0 bridgehead atoms. The molecule has 2 aliphatic heterocycles. The fourth-order valence-electron chi connectivity index (χ4n) is 3.62. The minimum Gasteiger partial charge on any atom is -0.457 e. The summed E-state index contributed by atoms with van der Waals surface area (Å²) in [6.07, 6.45) is 0. The molecule has 162 valence electrons. The molecule has 1 N–H and O–H groups in total. The topological polar surface area (TPSA) is 77.5 Å². The van der Waals surface area contributed by atoms with Gasteiger partial charge in [-0.1, -0.05) is 51.1 Å². The second-order valence-electron chi connectivity index (χ2n) is 8.95. The summed E-state index contributed by atoms with van der Waals surface area (Å²) in [6, 6.07) is 9.21. The number of amides is 2. The van der Waals surface area contributed by atoms with E-state index >= 15 is 0 Å². The van der Waals surface area contributed by atoms with Gasteiger partial charge in [-0.25, -0.2) is 14.6 Å². The Morgan fingerprint density at radius 3 is 2.33 bits per heavy atom. The van der Waals surface area contributed by atoms with Gasteiger partial charge in [0.05, 0.1) is 25.0 Å². The molecule has 1 fully saturated rings. The lowest BCUT2D eigenvalue weighted by molar-refractivity contribution is -0.141. The van der Waals surface area contributed by atoms with Crippen molar-refractivity contribution in [2.45, 2.75) is 40.3 Å². The van der Waals surface area contributed by atoms with E-state index in [0.29, 0.717) is 24.9 Å². The molecule has 0 spiro atoms. The van der Waals surface area contributed by atoms with Crippen molar-refractivity contribution in [3.8, 4) is 0 Å². The van der Waals surface area contributed by atoms with Gasteiger partial charge >= 0.3 is 12.0 Å². The van der Waals surface area contributed by atoms with Crippen molar-refractivity contribution in [3.05, 3.63) is 47.2 Å². The normalized spacial score (nSPS) is 20.2. The molecule has 1 atom stereocenters. The first-order valence-electron chi connectivity index (χ1n) is 10.1. The maximum atomic E-state index is 13.0. The number of hydrogen-bond donors (Lipinski definition) is 1. The average Bonchev–Trinajstić information content (AvgIpc) is 2.69. The standard InChI is InChI=1S/C22H31N5O3/c1-15-17(19(28)30-12-16-10-8-7-9-11-16)18(22(2,3)4)24-20(23-15)27-13-25(5)21(29)26(6)14-27/h7-11,18H,12-14H2,1-6H3,(H,23,24). The van der Waals surface area contributed by atoms with E-state index in [-0.39, 0.29) is 30.1 Å². The number of nitrogens with zero attached hydrogens (tertiary/aromatic N) is 4. The first-order chi connectivity index (χ1) is 14.1. The van der Waals surface area contributed by atoms with Gasteiger partial charge in [-0.05, 0) is 17.9 Å². The third kappa shape index (κ3) is 4.58. The van der Waals surface area contributed by atoms with Crippen LogP contribution >= 0.6 is 0 Å². The van der Waals surface area contributed by atoms with E-state index in [4.69, 9.17) is 9.73 Å². The summed E-state index contributed by atoms with van der Waals surface area (Å²) >= 11 is 0. The SMILES string of the molecule is CC1=C(C(=O)OCc2ccccc2)C(C(C)(C)C)N=C(N2CN(C)C(=O)N(C)C2)N1. The minimum atomic E-state index is -0.370. The number of rotatable bonds is 3. The molecule has 2 amide bonds. The zero-order chi connectivity index (χ0) is 22.1. The highest BCUT2D eigenvalue weighted by Crippen LogP contribution is 2.33. The maximum Gasteiger partial charge on any atom is 0.338 e. The van der Waals surface area contributed by atoms with Gasteiger partial charge in [0.25, 0.3) is 0 Å². The Morgan fingerprint density at radius 1 is 1.17 bits per heavy atom. The maximum absolute atomic E-state index is 13.0. The summed E-state index contributed by atoms with van der Waals surface area (Å²) in [6.45, 7) is 9.10. The van der Waals surface area contributed by atoms with Crippen LogP contribution in [0, 0.1) is 5.41 Å². The monoisotopic (exact) mass is 413 g/mol. The molecule has 8 nitrogen and oxygen atoms in total. The number of urea groups is 1. The molecule has 0 saturated carbocycles. The summed E-state index contributed by atoms with van der Waals surface area (Å²) in [5, 5.41) is 3.26. The summed E-state index contributed by atoms with van der Waals surface area (Å²) < 4.78 is 5.61. The van der Waals surface area contributed by atoms with Crippen LogP contribution in [-0.4, -0.2) is 66.1 Å². The quantitative estimate of drug-likeness (QED) is 0.771. The highest BCUT2D eigenvalue weighted by Gasteiger charge is 2.39. The predicted molar refractivity (Wildman–Crippen MR) is 115 cm³/mol. The first-order valence-corrected chi connectivity index (χ1v) is 10.1. The smallest absolute Gasteiger partial charge is 0.338 e. The summed E-state index contributed by atoms with van der Waals surface area (Å²) in [7, 11) is 3.51. The highest BCUT2D eigenvalue weighted by molar-refractivity contribution is 5.95. The molecule has 1 aromatic carbocycles. The number of ether oxygens (including phenoxy) is 1. The summed E-state index contributed by atoms with van der Waals surface area (Å²) in [5.41, 5.74) is 1.91. The molecule has 2 aliphatic rings.